The minimum atomic E-state index is -2.18. The molecule has 0 radical (unpaired) electrons. The first-order valence-corrected chi connectivity index (χ1v) is 7.73. The first-order valence-electron chi connectivity index (χ1n) is 7.36. The lowest BCUT2D eigenvalue weighted by atomic mass is 9.81. The van der Waals surface area contributed by atoms with Crippen molar-refractivity contribution in [3.05, 3.63) is 64.4 Å². The van der Waals surface area contributed by atoms with E-state index in [0.29, 0.717) is 5.02 Å². The van der Waals surface area contributed by atoms with Crippen molar-refractivity contribution in [3.8, 4) is 0 Å². The van der Waals surface area contributed by atoms with Gasteiger partial charge in [-0.05, 0) is 36.6 Å². The highest BCUT2D eigenvalue weighted by Crippen LogP contribution is 2.42. The summed E-state index contributed by atoms with van der Waals surface area (Å²) in [6.07, 6.45) is 0.729. The van der Waals surface area contributed by atoms with E-state index in [-0.39, 0.29) is 30.6 Å². The number of aromatic nitrogens is 1. The topological polar surface area (TPSA) is 62.2 Å². The fraction of sp³-hybridized carbons (Fsp3) is 0.294. The Hall–Kier alpha value is -1.98. The minimum Gasteiger partial charge on any atom is -0.387 e. The van der Waals surface area contributed by atoms with E-state index in [1.807, 2.05) is 0 Å². The van der Waals surface area contributed by atoms with Gasteiger partial charge < -0.3 is 10.4 Å². The van der Waals surface area contributed by atoms with Crippen molar-refractivity contribution in [3.63, 3.8) is 0 Å². The molecule has 4 nitrogen and oxygen atoms in total. The van der Waals surface area contributed by atoms with Crippen molar-refractivity contribution in [2.24, 2.45) is 0 Å². The van der Waals surface area contributed by atoms with E-state index in [9.17, 15) is 9.90 Å². The van der Waals surface area contributed by atoms with Gasteiger partial charge in [-0.2, -0.15) is 0 Å². The predicted molar refractivity (Wildman–Crippen MR) is 84.5 cm³/mol. The van der Waals surface area contributed by atoms with E-state index in [1.54, 1.807) is 30.3 Å². The second-order valence-corrected chi connectivity index (χ2v) is 6.04. The third kappa shape index (κ3) is 3.07. The minimum absolute atomic E-state index is 0.0752. The Kier molecular flexibility index (Phi) is 4.33. The van der Waals surface area contributed by atoms with Crippen LogP contribution in [0.3, 0.4) is 0 Å². The SMILES string of the molecule is O=C(NCc1cccc(Cl)c1)[C@]1(F)CC[C@H](O)c2ncccc21. The largest absolute Gasteiger partial charge is 0.387 e. The van der Waals surface area contributed by atoms with Crippen molar-refractivity contribution in [2.75, 3.05) is 0 Å². The van der Waals surface area contributed by atoms with Crippen LogP contribution in [0.25, 0.3) is 0 Å². The van der Waals surface area contributed by atoms with Crippen LogP contribution in [-0.2, 0) is 17.0 Å². The van der Waals surface area contributed by atoms with Crippen LogP contribution in [0.2, 0.25) is 5.02 Å². The van der Waals surface area contributed by atoms with Gasteiger partial charge in [-0.25, -0.2) is 4.39 Å². The van der Waals surface area contributed by atoms with E-state index >= 15 is 4.39 Å². The predicted octanol–water partition coefficient (Wildman–Crippen LogP) is 3.04. The molecular weight excluding hydrogens is 319 g/mol. The molecule has 1 aliphatic rings. The zero-order chi connectivity index (χ0) is 16.4. The summed E-state index contributed by atoms with van der Waals surface area (Å²) in [6, 6.07) is 10.1. The highest BCUT2D eigenvalue weighted by molar-refractivity contribution is 6.30. The maximum atomic E-state index is 15.3. The van der Waals surface area contributed by atoms with Gasteiger partial charge in [-0.15, -0.1) is 0 Å². The van der Waals surface area contributed by atoms with Gasteiger partial charge in [0.2, 0.25) is 5.67 Å². The van der Waals surface area contributed by atoms with E-state index in [1.165, 1.54) is 12.3 Å². The molecule has 2 aromatic rings. The Bertz CT molecular complexity index is 740. The number of rotatable bonds is 3. The number of hydrogen-bond acceptors (Lipinski definition) is 3. The zero-order valence-electron chi connectivity index (χ0n) is 12.3. The Morgan fingerprint density at radius 3 is 3.04 bits per heavy atom. The molecule has 0 spiro atoms. The summed E-state index contributed by atoms with van der Waals surface area (Å²) in [5.74, 6) is -0.723. The highest BCUT2D eigenvalue weighted by Gasteiger charge is 2.46. The standard InChI is InChI=1S/C17H16ClFN2O2/c18-12-4-1-3-11(9-12)10-21-16(23)17(19)7-6-14(22)15-13(17)5-2-8-20-15/h1-5,8-9,14,22H,6-7,10H2,(H,21,23)/t14-,17-/m0/s1. The second-order valence-electron chi connectivity index (χ2n) is 5.60. The van der Waals surface area contributed by atoms with E-state index < -0.39 is 17.7 Å². The molecule has 0 fully saturated rings. The van der Waals surface area contributed by atoms with Gasteiger partial charge >= 0.3 is 0 Å². The Labute approximate surface area is 138 Å². The van der Waals surface area contributed by atoms with Crippen LogP contribution in [0.5, 0.6) is 0 Å². The van der Waals surface area contributed by atoms with Crippen LogP contribution in [0.1, 0.15) is 35.8 Å². The monoisotopic (exact) mass is 334 g/mol. The van der Waals surface area contributed by atoms with E-state index in [2.05, 4.69) is 10.3 Å². The van der Waals surface area contributed by atoms with Gasteiger partial charge in [0.05, 0.1) is 11.8 Å². The third-order valence-corrected chi connectivity index (χ3v) is 4.28. The summed E-state index contributed by atoms with van der Waals surface area (Å²) < 4.78 is 15.3. The molecule has 0 bridgehead atoms. The number of nitrogens with one attached hydrogen (secondary N) is 1. The summed E-state index contributed by atoms with van der Waals surface area (Å²) in [6.45, 7) is 0.184. The van der Waals surface area contributed by atoms with E-state index in [0.717, 1.165) is 5.56 Å². The lowest BCUT2D eigenvalue weighted by molar-refractivity contribution is -0.135. The first-order chi connectivity index (χ1) is 11.0. The van der Waals surface area contributed by atoms with Crippen molar-refractivity contribution < 1.29 is 14.3 Å². The quantitative estimate of drug-likeness (QED) is 0.907. The number of alkyl halides is 1. The van der Waals surface area contributed by atoms with Crippen LogP contribution >= 0.6 is 11.6 Å². The molecule has 0 saturated heterocycles. The zero-order valence-corrected chi connectivity index (χ0v) is 13.1. The van der Waals surface area contributed by atoms with Crippen molar-refractivity contribution in [2.45, 2.75) is 31.2 Å². The van der Waals surface area contributed by atoms with Crippen LogP contribution < -0.4 is 5.32 Å². The van der Waals surface area contributed by atoms with Gasteiger partial charge in [0.1, 0.15) is 0 Å². The number of hydrogen-bond donors (Lipinski definition) is 2. The molecule has 1 aliphatic carbocycles. The summed E-state index contributed by atoms with van der Waals surface area (Å²) in [5.41, 5.74) is -1.01. The molecule has 120 valence electrons. The molecule has 2 N–H and O–H groups in total. The smallest absolute Gasteiger partial charge is 0.262 e. The molecule has 23 heavy (non-hydrogen) atoms. The maximum Gasteiger partial charge on any atom is 0.262 e. The van der Waals surface area contributed by atoms with Crippen molar-refractivity contribution in [1.82, 2.24) is 10.3 Å². The van der Waals surface area contributed by atoms with Gasteiger partial charge in [0, 0.05) is 23.3 Å². The third-order valence-electron chi connectivity index (χ3n) is 4.05. The normalized spacial score (nSPS) is 23.2. The van der Waals surface area contributed by atoms with E-state index in [4.69, 9.17) is 11.6 Å². The highest BCUT2D eigenvalue weighted by atomic mass is 35.5. The molecule has 3 rings (SSSR count). The molecular formula is C17H16ClFN2O2. The number of pyridine rings is 1. The van der Waals surface area contributed by atoms with Gasteiger partial charge in [0.25, 0.3) is 5.91 Å². The molecule has 0 aliphatic heterocycles. The lowest BCUT2D eigenvalue weighted by Crippen LogP contribution is -2.44. The average Bonchev–Trinajstić information content (AvgIpc) is 2.56. The van der Waals surface area contributed by atoms with Gasteiger partial charge in [-0.1, -0.05) is 29.8 Å². The molecule has 0 unspecified atom stereocenters. The van der Waals surface area contributed by atoms with Gasteiger partial charge in [-0.3, -0.25) is 9.78 Å². The molecule has 1 heterocycles. The number of aliphatic hydroxyl groups excluding tert-OH is 1. The fourth-order valence-electron chi connectivity index (χ4n) is 2.83. The number of fused-ring (bicyclic) bond motifs is 1. The summed E-state index contributed by atoms with van der Waals surface area (Å²) in [4.78, 5) is 16.4. The lowest BCUT2D eigenvalue weighted by Gasteiger charge is -2.32. The van der Waals surface area contributed by atoms with Crippen molar-refractivity contribution >= 4 is 17.5 Å². The van der Waals surface area contributed by atoms with Crippen molar-refractivity contribution in [1.29, 1.82) is 0 Å². The second kappa shape index (κ2) is 6.26. The van der Waals surface area contributed by atoms with Crippen LogP contribution in [0, 0.1) is 0 Å². The molecule has 1 amide bonds. The average molecular weight is 335 g/mol. The van der Waals surface area contributed by atoms with Crippen LogP contribution in [-0.4, -0.2) is 16.0 Å². The number of aliphatic hydroxyl groups is 1. The number of nitrogens with zero attached hydrogens (tertiary/aromatic N) is 1. The number of carbonyl (C=O) groups excluding carboxylic acids is 1. The molecule has 6 heteroatoms. The molecule has 0 saturated carbocycles. The fourth-order valence-corrected chi connectivity index (χ4v) is 3.04. The van der Waals surface area contributed by atoms with Gasteiger partial charge in [0.15, 0.2) is 0 Å². The summed E-state index contributed by atoms with van der Waals surface area (Å²) >= 11 is 5.90. The first kappa shape index (κ1) is 15.9. The summed E-state index contributed by atoms with van der Waals surface area (Å²) in [7, 11) is 0. The summed E-state index contributed by atoms with van der Waals surface area (Å²) in [5, 5.41) is 13.1. The van der Waals surface area contributed by atoms with Crippen LogP contribution in [0.15, 0.2) is 42.6 Å². The maximum absolute atomic E-state index is 15.3. The van der Waals surface area contributed by atoms with Crippen LogP contribution in [0.4, 0.5) is 4.39 Å². The molecule has 2 atom stereocenters. The number of carbonyl (C=O) groups is 1. The number of amides is 1. The molecule has 1 aromatic heterocycles. The number of benzene rings is 1. The Morgan fingerprint density at radius 1 is 1.43 bits per heavy atom. The number of halogens is 2. The Morgan fingerprint density at radius 2 is 2.26 bits per heavy atom. The Balaban J connectivity index is 1.80. The molecule has 1 aromatic carbocycles.